The number of carbonyl (C=O) groups excluding carboxylic acids is 1. The molecule has 1 amide bonds. The van der Waals surface area contributed by atoms with Gasteiger partial charge in [-0.25, -0.2) is 18.4 Å². The zero-order chi connectivity index (χ0) is 32.2. The van der Waals surface area contributed by atoms with Crippen LogP contribution in [0.15, 0.2) is 81.2 Å². The zero-order valence-electron chi connectivity index (χ0n) is 25.4. The molecule has 0 aliphatic rings. The van der Waals surface area contributed by atoms with E-state index >= 15 is 8.78 Å². The molecule has 1 atom stereocenters. The Hall–Kier alpha value is -4.38. The first-order valence-corrected chi connectivity index (χ1v) is 15.1. The van der Waals surface area contributed by atoms with Crippen molar-refractivity contribution in [2.24, 2.45) is 0 Å². The van der Waals surface area contributed by atoms with Gasteiger partial charge in [0.2, 0.25) is 0 Å². The molecule has 1 N–H and O–H groups in total. The average Bonchev–Trinajstić information content (AvgIpc) is 2.97. The number of rotatable bonds is 9. The molecule has 4 aromatic rings. The first kappa shape index (κ1) is 32.5. The Balaban J connectivity index is 1.97. The lowest BCUT2D eigenvalue weighted by atomic mass is 10.0. The van der Waals surface area contributed by atoms with Gasteiger partial charge in [-0.05, 0) is 57.7 Å². The first-order valence-electron chi connectivity index (χ1n) is 13.9. The minimum atomic E-state index is -0.883. The SMILES string of the molecule is COc1cccc(-c2c(C)n(Cc3c(F)cccc3SC)c(=O)n(C[C@H](NC(=O)OC(C)(C)C)c3ccccc3)c2=O)c1F. The second-order valence-electron chi connectivity index (χ2n) is 11.1. The topological polar surface area (TPSA) is 91.6 Å². The van der Waals surface area contributed by atoms with Crippen LogP contribution in [0.1, 0.15) is 43.6 Å². The Labute approximate surface area is 258 Å². The van der Waals surface area contributed by atoms with Crippen LogP contribution in [0.2, 0.25) is 0 Å². The van der Waals surface area contributed by atoms with E-state index in [4.69, 9.17) is 9.47 Å². The number of carbonyl (C=O) groups is 1. The van der Waals surface area contributed by atoms with Gasteiger partial charge in [0.1, 0.15) is 11.4 Å². The highest BCUT2D eigenvalue weighted by Gasteiger charge is 2.27. The van der Waals surface area contributed by atoms with E-state index in [1.54, 1.807) is 69.5 Å². The second-order valence-corrected chi connectivity index (χ2v) is 11.9. The van der Waals surface area contributed by atoms with Gasteiger partial charge >= 0.3 is 11.8 Å². The van der Waals surface area contributed by atoms with E-state index in [1.807, 2.05) is 0 Å². The highest BCUT2D eigenvalue weighted by molar-refractivity contribution is 7.98. The van der Waals surface area contributed by atoms with E-state index in [1.165, 1.54) is 54.6 Å². The summed E-state index contributed by atoms with van der Waals surface area (Å²) in [6, 6.07) is 16.9. The number of alkyl carbamates (subject to hydrolysis) is 1. The molecule has 1 aromatic heterocycles. The van der Waals surface area contributed by atoms with Crippen LogP contribution in [0, 0.1) is 18.6 Å². The molecule has 0 saturated heterocycles. The maximum atomic E-state index is 15.7. The smallest absolute Gasteiger partial charge is 0.408 e. The summed E-state index contributed by atoms with van der Waals surface area (Å²) in [6.07, 6.45) is 1.04. The van der Waals surface area contributed by atoms with Crippen LogP contribution < -0.4 is 21.3 Å². The molecule has 0 unspecified atom stereocenters. The number of methoxy groups -OCH3 is 1. The number of benzene rings is 3. The quantitative estimate of drug-likeness (QED) is 0.220. The number of ether oxygens (including phenoxy) is 2. The Kier molecular flexibility index (Phi) is 9.98. The number of halogens is 2. The Morgan fingerprint density at radius 3 is 2.30 bits per heavy atom. The minimum Gasteiger partial charge on any atom is -0.494 e. The van der Waals surface area contributed by atoms with Crippen LogP contribution in [0.3, 0.4) is 0 Å². The fraction of sp³-hybridized carbons (Fsp3) is 0.303. The predicted octanol–water partition coefficient (Wildman–Crippen LogP) is 6.31. The third-order valence-corrected chi connectivity index (χ3v) is 7.83. The molecule has 0 saturated carbocycles. The molecular formula is C33H35F2N3O5S. The van der Waals surface area contributed by atoms with Crippen molar-refractivity contribution in [3.63, 3.8) is 0 Å². The Morgan fingerprint density at radius 1 is 0.977 bits per heavy atom. The molecule has 4 rings (SSSR count). The van der Waals surface area contributed by atoms with Gasteiger partial charge in [-0.3, -0.25) is 13.9 Å². The number of nitrogens with one attached hydrogen (secondary N) is 1. The number of aromatic nitrogens is 2. The molecule has 0 bridgehead atoms. The fourth-order valence-electron chi connectivity index (χ4n) is 4.91. The normalized spacial score (nSPS) is 12.1. The van der Waals surface area contributed by atoms with Gasteiger partial charge in [0.25, 0.3) is 5.56 Å². The molecule has 0 fully saturated rings. The van der Waals surface area contributed by atoms with Gasteiger partial charge < -0.3 is 14.8 Å². The van der Waals surface area contributed by atoms with Crippen molar-refractivity contribution in [3.05, 3.63) is 116 Å². The third kappa shape index (κ3) is 7.05. The van der Waals surface area contributed by atoms with Gasteiger partial charge in [0.15, 0.2) is 11.6 Å². The van der Waals surface area contributed by atoms with Crippen molar-refractivity contribution in [2.45, 2.75) is 57.3 Å². The van der Waals surface area contributed by atoms with Gasteiger partial charge in [-0.2, -0.15) is 0 Å². The summed E-state index contributed by atoms with van der Waals surface area (Å²) in [6.45, 7) is 6.14. The highest BCUT2D eigenvalue weighted by Crippen LogP contribution is 2.30. The summed E-state index contributed by atoms with van der Waals surface area (Å²) in [5.74, 6) is -1.39. The largest absolute Gasteiger partial charge is 0.494 e. The lowest BCUT2D eigenvalue weighted by Crippen LogP contribution is -2.46. The molecule has 1 heterocycles. The van der Waals surface area contributed by atoms with Crippen LogP contribution in [0.5, 0.6) is 5.75 Å². The van der Waals surface area contributed by atoms with Crippen LogP contribution in [-0.4, -0.2) is 34.2 Å². The van der Waals surface area contributed by atoms with E-state index in [0.717, 1.165) is 4.57 Å². The number of hydrogen-bond donors (Lipinski definition) is 1. The van der Waals surface area contributed by atoms with E-state index in [0.29, 0.717) is 10.5 Å². The fourth-order valence-corrected chi connectivity index (χ4v) is 5.54. The number of hydrogen-bond acceptors (Lipinski definition) is 6. The van der Waals surface area contributed by atoms with Gasteiger partial charge in [0, 0.05) is 21.7 Å². The molecule has 0 radical (unpaired) electrons. The first-order chi connectivity index (χ1) is 20.9. The summed E-state index contributed by atoms with van der Waals surface area (Å²) in [5.41, 5.74) is -1.50. The van der Waals surface area contributed by atoms with Crippen molar-refractivity contribution in [2.75, 3.05) is 13.4 Å². The standard InChI is InChI=1S/C33H35F2N3O5S/c1-20-28(22-14-10-16-26(42-5)29(22)35)30(39)38(32(41)37(20)18-23-24(34)15-11-17-27(23)44-6)19-25(21-12-8-7-9-13-21)36-31(40)43-33(2,3)4/h7-17,25H,18-19H2,1-6H3,(H,36,40)/t25-/m0/s1. The van der Waals surface area contributed by atoms with Crippen molar-refractivity contribution in [1.29, 1.82) is 0 Å². The molecule has 11 heteroatoms. The van der Waals surface area contributed by atoms with Crippen molar-refractivity contribution in [1.82, 2.24) is 14.5 Å². The van der Waals surface area contributed by atoms with E-state index < -0.39 is 40.6 Å². The summed E-state index contributed by atoms with van der Waals surface area (Å²) in [4.78, 5) is 41.8. The third-order valence-electron chi connectivity index (χ3n) is 7.01. The van der Waals surface area contributed by atoms with E-state index in [9.17, 15) is 14.4 Å². The van der Waals surface area contributed by atoms with Gasteiger partial charge in [0.05, 0.1) is 31.8 Å². The zero-order valence-corrected chi connectivity index (χ0v) is 26.3. The second kappa shape index (κ2) is 13.5. The Morgan fingerprint density at radius 2 is 1.66 bits per heavy atom. The predicted molar refractivity (Wildman–Crippen MR) is 167 cm³/mol. The maximum absolute atomic E-state index is 15.7. The van der Waals surface area contributed by atoms with Crippen molar-refractivity contribution >= 4 is 17.9 Å². The molecule has 8 nitrogen and oxygen atoms in total. The molecule has 0 aliphatic carbocycles. The van der Waals surface area contributed by atoms with Crippen LogP contribution in [0.25, 0.3) is 11.1 Å². The average molecular weight is 624 g/mol. The van der Waals surface area contributed by atoms with Crippen LogP contribution >= 0.6 is 11.8 Å². The molecule has 3 aromatic carbocycles. The number of amides is 1. The molecule has 232 valence electrons. The summed E-state index contributed by atoms with van der Waals surface area (Å²) >= 11 is 1.31. The summed E-state index contributed by atoms with van der Waals surface area (Å²) in [5, 5.41) is 2.77. The number of nitrogens with zero attached hydrogens (tertiary/aromatic N) is 2. The molecular weight excluding hydrogens is 588 g/mol. The maximum Gasteiger partial charge on any atom is 0.408 e. The molecule has 0 aliphatic heterocycles. The minimum absolute atomic E-state index is 0.0793. The molecule has 0 spiro atoms. The number of thioether (sulfide) groups is 1. The van der Waals surface area contributed by atoms with E-state index in [2.05, 4.69) is 5.32 Å². The highest BCUT2D eigenvalue weighted by atomic mass is 32.2. The van der Waals surface area contributed by atoms with Crippen LogP contribution in [-0.2, 0) is 17.8 Å². The Bertz CT molecular complexity index is 1780. The lowest BCUT2D eigenvalue weighted by molar-refractivity contribution is 0.0497. The lowest BCUT2D eigenvalue weighted by Gasteiger charge is -2.25. The van der Waals surface area contributed by atoms with Crippen LogP contribution in [0.4, 0.5) is 13.6 Å². The van der Waals surface area contributed by atoms with Crippen molar-refractivity contribution < 1.29 is 23.0 Å². The molecule has 44 heavy (non-hydrogen) atoms. The monoisotopic (exact) mass is 623 g/mol. The van der Waals surface area contributed by atoms with Gasteiger partial charge in [-0.1, -0.05) is 48.5 Å². The summed E-state index contributed by atoms with van der Waals surface area (Å²) < 4.78 is 43.6. The van der Waals surface area contributed by atoms with E-state index in [-0.39, 0.29) is 41.2 Å². The van der Waals surface area contributed by atoms with Gasteiger partial charge in [-0.15, -0.1) is 11.8 Å². The summed E-state index contributed by atoms with van der Waals surface area (Å²) in [7, 11) is 1.31. The van der Waals surface area contributed by atoms with Crippen molar-refractivity contribution in [3.8, 4) is 16.9 Å².